The van der Waals surface area contributed by atoms with E-state index in [2.05, 4.69) is 5.10 Å². The van der Waals surface area contributed by atoms with Crippen molar-refractivity contribution in [3.05, 3.63) is 74.2 Å². The van der Waals surface area contributed by atoms with Gasteiger partial charge in [0, 0.05) is 24.1 Å². The number of carbonyl (C=O) groups excluding carboxylic acids is 1. The fourth-order valence-corrected chi connectivity index (χ4v) is 2.71. The van der Waals surface area contributed by atoms with Crippen LogP contribution >= 0.6 is 0 Å². The van der Waals surface area contributed by atoms with Crippen molar-refractivity contribution >= 4 is 22.4 Å². The highest BCUT2D eigenvalue weighted by Gasteiger charge is 2.16. The number of esters is 1. The highest BCUT2D eigenvalue weighted by molar-refractivity contribution is 5.87. The van der Waals surface area contributed by atoms with Crippen molar-refractivity contribution < 1.29 is 14.5 Å². The zero-order valence-electron chi connectivity index (χ0n) is 14.1. The molecule has 0 fully saturated rings. The topological polar surface area (TPSA) is 104 Å². The molecule has 0 unspecified atom stereocenters. The zero-order chi connectivity index (χ0) is 18.8. The maximum Gasteiger partial charge on any atom is 0.317 e. The van der Waals surface area contributed by atoms with Crippen LogP contribution in [0.25, 0.3) is 10.8 Å². The molecule has 0 aliphatic rings. The van der Waals surface area contributed by atoms with Gasteiger partial charge in [0.15, 0.2) is 0 Å². The first-order valence-electron chi connectivity index (χ1n) is 7.77. The summed E-state index contributed by atoms with van der Waals surface area (Å²) in [6, 6.07) is 11.0. The van der Waals surface area contributed by atoms with Gasteiger partial charge in [0.05, 0.1) is 22.4 Å². The van der Waals surface area contributed by atoms with E-state index in [4.69, 9.17) is 4.74 Å². The van der Waals surface area contributed by atoms with Gasteiger partial charge in [-0.15, -0.1) is 0 Å². The highest BCUT2D eigenvalue weighted by atomic mass is 16.6. The molecule has 0 radical (unpaired) electrons. The Morgan fingerprint density at radius 3 is 2.58 bits per heavy atom. The van der Waals surface area contributed by atoms with Gasteiger partial charge in [-0.3, -0.25) is 19.7 Å². The van der Waals surface area contributed by atoms with Gasteiger partial charge in [0.1, 0.15) is 5.75 Å². The van der Waals surface area contributed by atoms with Crippen LogP contribution in [0, 0.1) is 17.0 Å². The van der Waals surface area contributed by atoms with Crippen LogP contribution in [-0.4, -0.2) is 20.7 Å². The highest BCUT2D eigenvalue weighted by Crippen LogP contribution is 2.23. The first-order valence-corrected chi connectivity index (χ1v) is 7.77. The summed E-state index contributed by atoms with van der Waals surface area (Å²) in [4.78, 5) is 34.7. The van der Waals surface area contributed by atoms with E-state index in [1.807, 2.05) is 0 Å². The number of nitrogens with zero attached hydrogens (tertiary/aromatic N) is 3. The Kier molecular flexibility index (Phi) is 4.49. The van der Waals surface area contributed by atoms with E-state index in [-0.39, 0.29) is 23.4 Å². The minimum Gasteiger partial charge on any atom is -0.426 e. The summed E-state index contributed by atoms with van der Waals surface area (Å²) in [5.74, 6) is -0.359. The predicted octanol–water partition coefficient (Wildman–Crippen LogP) is 2.30. The third-order valence-corrected chi connectivity index (χ3v) is 3.94. The van der Waals surface area contributed by atoms with Gasteiger partial charge in [-0.1, -0.05) is 18.2 Å². The Morgan fingerprint density at radius 2 is 1.92 bits per heavy atom. The summed E-state index contributed by atoms with van der Waals surface area (Å²) in [6.07, 6.45) is -0.134. The fourth-order valence-electron chi connectivity index (χ4n) is 2.71. The van der Waals surface area contributed by atoms with Gasteiger partial charge >= 0.3 is 5.97 Å². The average molecular weight is 353 g/mol. The van der Waals surface area contributed by atoms with Crippen molar-refractivity contribution in [2.75, 3.05) is 0 Å². The largest absolute Gasteiger partial charge is 0.426 e. The van der Waals surface area contributed by atoms with E-state index in [0.29, 0.717) is 22.0 Å². The Bertz CT molecular complexity index is 1090. The maximum absolute atomic E-state index is 12.3. The average Bonchev–Trinajstić information content (AvgIpc) is 2.59. The molecule has 0 aliphatic carbocycles. The third kappa shape index (κ3) is 3.30. The Morgan fingerprint density at radius 1 is 1.23 bits per heavy atom. The summed E-state index contributed by atoms with van der Waals surface area (Å²) in [7, 11) is 1.52. The van der Waals surface area contributed by atoms with E-state index in [1.165, 1.54) is 29.9 Å². The summed E-state index contributed by atoms with van der Waals surface area (Å²) < 4.78 is 6.45. The molecule has 3 rings (SSSR count). The second-order valence-corrected chi connectivity index (χ2v) is 5.78. The molecule has 0 saturated heterocycles. The number of carbonyl (C=O) groups is 1. The summed E-state index contributed by atoms with van der Waals surface area (Å²) >= 11 is 0. The Labute approximate surface area is 147 Å². The zero-order valence-corrected chi connectivity index (χ0v) is 14.1. The van der Waals surface area contributed by atoms with Crippen LogP contribution in [0.1, 0.15) is 11.3 Å². The lowest BCUT2D eigenvalue weighted by molar-refractivity contribution is -0.385. The molecule has 0 spiro atoms. The van der Waals surface area contributed by atoms with Crippen molar-refractivity contribution in [1.29, 1.82) is 0 Å². The van der Waals surface area contributed by atoms with Crippen LogP contribution in [-0.2, 0) is 18.3 Å². The molecule has 8 heteroatoms. The first-order chi connectivity index (χ1) is 12.4. The van der Waals surface area contributed by atoms with Gasteiger partial charge in [-0.25, -0.2) is 4.68 Å². The molecule has 0 aliphatic heterocycles. The normalized spacial score (nSPS) is 10.7. The van der Waals surface area contributed by atoms with Crippen molar-refractivity contribution in [1.82, 2.24) is 9.78 Å². The van der Waals surface area contributed by atoms with Crippen LogP contribution in [0.15, 0.2) is 47.3 Å². The second kappa shape index (κ2) is 6.75. The Hall–Kier alpha value is -3.55. The standard InChI is InChI=1S/C18H15N3O5/c1-11-9-12(7-8-16(11)21(24)25)26-17(22)10-15-13-5-3-4-6-14(13)18(23)20(2)19-15/h3-9H,10H2,1-2H3. The molecule has 3 aromatic rings. The van der Waals surface area contributed by atoms with E-state index >= 15 is 0 Å². The molecular formula is C18H15N3O5. The monoisotopic (exact) mass is 353 g/mol. The van der Waals surface area contributed by atoms with Gasteiger partial charge in [0.2, 0.25) is 0 Å². The van der Waals surface area contributed by atoms with Gasteiger partial charge in [0.25, 0.3) is 11.2 Å². The minimum atomic E-state index is -0.574. The van der Waals surface area contributed by atoms with Crippen molar-refractivity contribution in [2.45, 2.75) is 13.3 Å². The molecule has 0 bridgehead atoms. The van der Waals surface area contributed by atoms with Crippen molar-refractivity contribution in [3.63, 3.8) is 0 Å². The van der Waals surface area contributed by atoms with Gasteiger partial charge in [-0.05, 0) is 25.1 Å². The molecular weight excluding hydrogens is 338 g/mol. The van der Waals surface area contributed by atoms with Crippen molar-refractivity contribution in [3.8, 4) is 5.75 Å². The number of ether oxygens (including phenoxy) is 1. The van der Waals surface area contributed by atoms with Crippen LogP contribution in [0.2, 0.25) is 0 Å². The number of nitro benzene ring substituents is 1. The van der Waals surface area contributed by atoms with Crippen LogP contribution in [0.5, 0.6) is 5.75 Å². The molecule has 0 N–H and O–H groups in total. The number of fused-ring (bicyclic) bond motifs is 1. The molecule has 1 aromatic heterocycles. The lowest BCUT2D eigenvalue weighted by Gasteiger charge is -2.08. The number of benzene rings is 2. The van der Waals surface area contributed by atoms with Gasteiger partial charge in [-0.2, -0.15) is 5.10 Å². The van der Waals surface area contributed by atoms with Crippen molar-refractivity contribution in [2.24, 2.45) is 7.05 Å². The van der Waals surface area contributed by atoms with Crippen LogP contribution in [0.3, 0.4) is 0 Å². The maximum atomic E-state index is 12.3. The molecule has 0 amide bonds. The number of rotatable bonds is 4. The fraction of sp³-hybridized carbons (Fsp3) is 0.167. The third-order valence-electron chi connectivity index (χ3n) is 3.94. The summed E-state index contributed by atoms with van der Waals surface area (Å²) in [5.41, 5.74) is 0.525. The first kappa shape index (κ1) is 17.3. The molecule has 8 nitrogen and oxygen atoms in total. The smallest absolute Gasteiger partial charge is 0.317 e. The minimum absolute atomic E-state index is 0.0458. The SMILES string of the molecule is Cc1cc(OC(=O)Cc2nn(C)c(=O)c3ccccc23)ccc1[N+](=O)[O-]. The number of hydrogen-bond acceptors (Lipinski definition) is 6. The van der Waals surface area contributed by atoms with E-state index in [1.54, 1.807) is 31.2 Å². The molecule has 0 atom stereocenters. The molecule has 26 heavy (non-hydrogen) atoms. The summed E-state index contributed by atoms with van der Waals surface area (Å²) in [5, 5.41) is 16.1. The lowest BCUT2D eigenvalue weighted by atomic mass is 10.1. The molecule has 1 heterocycles. The molecule has 132 valence electrons. The van der Waals surface area contributed by atoms with Crippen LogP contribution < -0.4 is 10.3 Å². The second-order valence-electron chi connectivity index (χ2n) is 5.78. The molecule has 0 saturated carbocycles. The molecule has 2 aromatic carbocycles. The van der Waals surface area contributed by atoms with Crippen LogP contribution in [0.4, 0.5) is 5.69 Å². The Balaban J connectivity index is 1.86. The lowest BCUT2D eigenvalue weighted by Crippen LogP contribution is -2.23. The quantitative estimate of drug-likeness (QED) is 0.308. The van der Waals surface area contributed by atoms with E-state index < -0.39 is 10.9 Å². The number of aromatic nitrogens is 2. The number of nitro groups is 1. The predicted molar refractivity (Wildman–Crippen MR) is 94.2 cm³/mol. The number of hydrogen-bond donors (Lipinski definition) is 0. The van der Waals surface area contributed by atoms with Gasteiger partial charge < -0.3 is 4.74 Å². The number of aryl methyl sites for hydroxylation is 2. The van der Waals surface area contributed by atoms with E-state index in [9.17, 15) is 19.7 Å². The summed E-state index contributed by atoms with van der Waals surface area (Å²) in [6.45, 7) is 1.57. The van der Waals surface area contributed by atoms with E-state index in [0.717, 1.165) is 0 Å².